The highest BCUT2D eigenvalue weighted by Gasteiger charge is 2.25. The molecule has 68 valence electrons. The van der Waals surface area contributed by atoms with Crippen LogP contribution >= 0.6 is 24.0 Å². The molecule has 1 fully saturated rings. The highest BCUT2D eigenvalue weighted by molar-refractivity contribution is 8.23. The van der Waals surface area contributed by atoms with Crippen molar-refractivity contribution in [2.75, 3.05) is 12.3 Å². The summed E-state index contributed by atoms with van der Waals surface area (Å²) < 4.78 is 0.776. The number of nitrogens with zero attached hydrogens (tertiary/aromatic N) is 1. The Hall–Kier alpha value is 0.127. The van der Waals surface area contributed by atoms with Crippen LogP contribution in [0, 0.1) is 0 Å². The molecule has 0 aromatic rings. The number of thiocarbonyl (C=S) groups is 1. The van der Waals surface area contributed by atoms with Crippen LogP contribution in [0.4, 0.5) is 0 Å². The van der Waals surface area contributed by atoms with E-state index in [0.29, 0.717) is 5.75 Å². The smallest absolute Gasteiger partial charge is 0.238 e. The maximum Gasteiger partial charge on any atom is 0.238 e. The Balaban J connectivity index is 2.30. The summed E-state index contributed by atoms with van der Waals surface area (Å²) >= 11 is 6.54. The summed E-state index contributed by atoms with van der Waals surface area (Å²) in [5.41, 5.74) is 0. The highest BCUT2D eigenvalue weighted by atomic mass is 32.2. The molecule has 1 amide bonds. The molecule has 0 atom stereocenters. The lowest BCUT2D eigenvalue weighted by Gasteiger charge is -2.13. The van der Waals surface area contributed by atoms with Gasteiger partial charge in [-0.05, 0) is 6.42 Å². The van der Waals surface area contributed by atoms with Gasteiger partial charge in [-0.25, -0.2) is 0 Å². The molecule has 0 spiro atoms. The van der Waals surface area contributed by atoms with Crippen molar-refractivity contribution in [1.29, 1.82) is 0 Å². The minimum absolute atomic E-state index is 0.154. The first-order valence-corrected chi connectivity index (χ1v) is 8.03. The van der Waals surface area contributed by atoms with Gasteiger partial charge < -0.3 is 0 Å². The predicted molar refractivity (Wildman–Crippen MR) is 60.6 cm³/mol. The van der Waals surface area contributed by atoms with Crippen LogP contribution in [0.2, 0.25) is 12.6 Å². The van der Waals surface area contributed by atoms with Crippen LogP contribution in [0.1, 0.15) is 6.42 Å². The third kappa shape index (κ3) is 2.57. The van der Waals surface area contributed by atoms with Crippen molar-refractivity contribution >= 4 is 43.7 Å². The first-order valence-electron chi connectivity index (χ1n) is 4.23. The van der Waals surface area contributed by atoms with E-state index in [-0.39, 0.29) is 15.4 Å². The maximum atomic E-state index is 11.2. The maximum absolute atomic E-state index is 11.2. The monoisotopic (exact) mass is 219 g/mol. The zero-order valence-electron chi connectivity index (χ0n) is 7.21. The van der Waals surface area contributed by atoms with Crippen molar-refractivity contribution < 1.29 is 4.79 Å². The Morgan fingerprint density at radius 1 is 1.75 bits per heavy atom. The Morgan fingerprint density at radius 2 is 2.50 bits per heavy atom. The molecule has 0 unspecified atom stereocenters. The number of amides is 1. The lowest BCUT2D eigenvalue weighted by molar-refractivity contribution is -0.124. The molecule has 1 heterocycles. The van der Waals surface area contributed by atoms with E-state index in [1.54, 1.807) is 4.90 Å². The number of thioether (sulfide) groups is 1. The van der Waals surface area contributed by atoms with Gasteiger partial charge >= 0.3 is 0 Å². The van der Waals surface area contributed by atoms with E-state index in [2.05, 4.69) is 6.55 Å². The van der Waals surface area contributed by atoms with Gasteiger partial charge in [-0.3, -0.25) is 9.69 Å². The lowest BCUT2D eigenvalue weighted by atomic mass is 10.4. The van der Waals surface area contributed by atoms with E-state index in [1.165, 1.54) is 17.8 Å². The first-order chi connectivity index (χ1) is 5.75. The molecule has 12 heavy (non-hydrogen) atoms. The number of hydrogen-bond donors (Lipinski definition) is 0. The molecule has 1 saturated heterocycles. The van der Waals surface area contributed by atoms with E-state index in [1.807, 2.05) is 0 Å². The van der Waals surface area contributed by atoms with Gasteiger partial charge in [-0.2, -0.15) is 0 Å². The molecule has 0 saturated carbocycles. The van der Waals surface area contributed by atoms with Crippen LogP contribution in [-0.4, -0.2) is 36.9 Å². The standard InChI is InChI=1S/C7H13NOS2Si/c1-12-4-2-3-8-6(9)5-11-7(8)10/h2-5,12H2,1H3. The van der Waals surface area contributed by atoms with E-state index in [0.717, 1.165) is 17.3 Å². The van der Waals surface area contributed by atoms with Crippen LogP contribution in [0.15, 0.2) is 0 Å². The Labute approximate surface area is 84.9 Å². The van der Waals surface area contributed by atoms with Gasteiger partial charge in [0.25, 0.3) is 0 Å². The van der Waals surface area contributed by atoms with Crippen molar-refractivity contribution in [2.45, 2.75) is 19.0 Å². The van der Waals surface area contributed by atoms with Gasteiger partial charge in [0.2, 0.25) is 5.91 Å². The predicted octanol–water partition coefficient (Wildman–Crippen LogP) is 0.872. The van der Waals surface area contributed by atoms with Crippen molar-refractivity contribution in [3.05, 3.63) is 0 Å². The van der Waals surface area contributed by atoms with Crippen LogP contribution in [0.5, 0.6) is 0 Å². The Kier molecular flexibility index (Phi) is 4.24. The molecule has 0 radical (unpaired) electrons. The first kappa shape index (κ1) is 10.2. The average molecular weight is 219 g/mol. The molecule has 2 nitrogen and oxygen atoms in total. The average Bonchev–Trinajstić information content (AvgIpc) is 2.35. The van der Waals surface area contributed by atoms with Gasteiger partial charge in [0.05, 0.1) is 5.75 Å². The quantitative estimate of drug-likeness (QED) is 0.398. The SMILES string of the molecule is C[SiH2]CCCN1C(=O)CSC1=S. The summed E-state index contributed by atoms with van der Waals surface area (Å²) in [5, 5.41) is 0. The number of rotatable bonds is 4. The molecule has 0 N–H and O–H groups in total. The normalized spacial score (nSPS) is 18.6. The molecule has 0 aromatic carbocycles. The van der Waals surface area contributed by atoms with E-state index >= 15 is 0 Å². The van der Waals surface area contributed by atoms with Gasteiger partial charge in [-0.15, -0.1) is 0 Å². The number of carbonyl (C=O) groups excluding carboxylic acids is 1. The third-order valence-corrected chi connectivity index (χ3v) is 4.47. The van der Waals surface area contributed by atoms with Crippen molar-refractivity contribution in [2.24, 2.45) is 0 Å². The Bertz CT molecular complexity index is 182. The molecular formula is C7H13NOS2Si. The van der Waals surface area contributed by atoms with Crippen LogP contribution in [-0.2, 0) is 4.79 Å². The van der Waals surface area contributed by atoms with Crippen LogP contribution in [0.3, 0.4) is 0 Å². The fourth-order valence-electron chi connectivity index (χ4n) is 1.12. The fraction of sp³-hybridized carbons (Fsp3) is 0.714. The molecule has 0 aliphatic carbocycles. The van der Waals surface area contributed by atoms with Gasteiger partial charge in [0.1, 0.15) is 4.32 Å². The highest BCUT2D eigenvalue weighted by Crippen LogP contribution is 2.19. The third-order valence-electron chi connectivity index (χ3n) is 1.83. The van der Waals surface area contributed by atoms with Gasteiger partial charge in [-0.1, -0.05) is 36.6 Å². The van der Waals surface area contributed by atoms with Crippen LogP contribution in [0.25, 0.3) is 0 Å². The van der Waals surface area contributed by atoms with Crippen molar-refractivity contribution in [3.8, 4) is 0 Å². The second-order valence-corrected chi connectivity index (χ2v) is 6.12. The summed E-state index contributed by atoms with van der Waals surface area (Å²) in [6.07, 6.45) is 1.13. The summed E-state index contributed by atoms with van der Waals surface area (Å²) in [5.74, 6) is 0.755. The summed E-state index contributed by atoms with van der Waals surface area (Å²) in [4.78, 5) is 13.0. The largest absolute Gasteiger partial charge is 0.297 e. The summed E-state index contributed by atoms with van der Waals surface area (Å²) in [6.45, 7) is 3.14. The van der Waals surface area contributed by atoms with E-state index in [4.69, 9.17) is 12.2 Å². The zero-order chi connectivity index (χ0) is 8.97. The molecule has 1 aliphatic rings. The minimum atomic E-state index is 0.154. The number of hydrogen-bond acceptors (Lipinski definition) is 3. The lowest BCUT2D eigenvalue weighted by Crippen LogP contribution is -2.29. The van der Waals surface area contributed by atoms with Gasteiger partial charge in [0, 0.05) is 16.1 Å². The topological polar surface area (TPSA) is 20.3 Å². The zero-order valence-corrected chi connectivity index (χ0v) is 10.3. The minimum Gasteiger partial charge on any atom is -0.297 e. The molecule has 0 aromatic heterocycles. The van der Waals surface area contributed by atoms with Crippen LogP contribution < -0.4 is 0 Å². The van der Waals surface area contributed by atoms with Crippen molar-refractivity contribution in [1.82, 2.24) is 4.90 Å². The van der Waals surface area contributed by atoms with Gasteiger partial charge in [0.15, 0.2) is 0 Å². The Morgan fingerprint density at radius 3 is 3.00 bits per heavy atom. The summed E-state index contributed by atoms with van der Waals surface area (Å²) in [7, 11) is 0.154. The fourth-order valence-corrected chi connectivity index (χ4v) is 2.96. The molecule has 1 aliphatic heterocycles. The van der Waals surface area contributed by atoms with E-state index in [9.17, 15) is 4.79 Å². The van der Waals surface area contributed by atoms with Crippen molar-refractivity contribution in [3.63, 3.8) is 0 Å². The second-order valence-electron chi connectivity index (χ2n) is 2.81. The van der Waals surface area contributed by atoms with E-state index < -0.39 is 0 Å². The molecule has 1 rings (SSSR count). The second kappa shape index (κ2) is 4.99. The molecule has 0 bridgehead atoms. The number of carbonyl (C=O) groups is 1. The molecular weight excluding hydrogens is 206 g/mol. The molecule has 5 heteroatoms. The summed E-state index contributed by atoms with van der Waals surface area (Å²) in [6, 6.07) is 1.32.